The van der Waals surface area contributed by atoms with E-state index in [9.17, 15) is 10.4 Å². The number of nitriles is 1. The topological polar surface area (TPSA) is 78.0 Å². The number of hydrogen-bond acceptors (Lipinski definition) is 5. The minimum Gasteiger partial charge on any atom is -0.508 e. The number of rotatable bonds is 5. The van der Waals surface area contributed by atoms with E-state index in [1.807, 2.05) is 65.7 Å². The first-order chi connectivity index (χ1) is 13.7. The van der Waals surface area contributed by atoms with Crippen molar-refractivity contribution in [1.29, 1.82) is 5.26 Å². The minimum absolute atomic E-state index is 0.223. The van der Waals surface area contributed by atoms with Gasteiger partial charge in [0, 0.05) is 5.56 Å². The Morgan fingerprint density at radius 2 is 1.79 bits per heavy atom. The lowest BCUT2D eigenvalue weighted by Gasteiger charge is -2.25. The number of phenols is 1. The zero-order chi connectivity index (χ0) is 19.3. The van der Waals surface area contributed by atoms with E-state index in [0.717, 1.165) is 22.4 Å². The molecule has 6 heteroatoms. The maximum absolute atomic E-state index is 9.54. The molecule has 1 N–H and O–H groups in total. The molecule has 136 valence electrons. The highest BCUT2D eigenvalue weighted by molar-refractivity contribution is 5.74. The van der Waals surface area contributed by atoms with Crippen molar-refractivity contribution in [3.05, 3.63) is 96.6 Å². The molecule has 4 aromatic rings. The van der Waals surface area contributed by atoms with Crippen molar-refractivity contribution in [3.8, 4) is 22.9 Å². The Morgan fingerprint density at radius 1 is 1.00 bits per heavy atom. The monoisotopic (exact) mass is 367 g/mol. The Hall–Kier alpha value is -4.11. The molecule has 0 radical (unpaired) electrons. The molecule has 0 spiro atoms. The maximum Gasteiger partial charge on any atom is 0.139 e. The third-order valence-corrected chi connectivity index (χ3v) is 4.43. The van der Waals surface area contributed by atoms with Crippen molar-refractivity contribution in [2.45, 2.75) is 6.54 Å². The van der Waals surface area contributed by atoms with Gasteiger partial charge in [-0.1, -0.05) is 42.5 Å². The first-order valence-corrected chi connectivity index (χ1v) is 8.74. The summed E-state index contributed by atoms with van der Waals surface area (Å²) < 4.78 is 0. The van der Waals surface area contributed by atoms with Gasteiger partial charge in [0.1, 0.15) is 18.4 Å². The third kappa shape index (κ3) is 3.55. The lowest BCUT2D eigenvalue weighted by Crippen LogP contribution is -2.29. The second-order valence-electron chi connectivity index (χ2n) is 6.25. The molecular weight excluding hydrogens is 350 g/mol. The molecule has 0 aliphatic carbocycles. The summed E-state index contributed by atoms with van der Waals surface area (Å²) in [5.74, 6) is 0.223. The zero-order valence-corrected chi connectivity index (χ0v) is 15.0. The van der Waals surface area contributed by atoms with Crippen LogP contribution in [0.1, 0.15) is 11.1 Å². The summed E-state index contributed by atoms with van der Waals surface area (Å²) in [5.41, 5.74) is 4.31. The Bertz CT molecular complexity index is 1100. The van der Waals surface area contributed by atoms with Crippen LogP contribution >= 0.6 is 0 Å². The van der Waals surface area contributed by atoms with Crippen molar-refractivity contribution in [3.63, 3.8) is 0 Å². The fourth-order valence-corrected chi connectivity index (χ4v) is 3.03. The van der Waals surface area contributed by atoms with E-state index in [-0.39, 0.29) is 5.75 Å². The molecule has 6 nitrogen and oxygen atoms in total. The number of nitrogens with zero attached hydrogens (tertiary/aromatic N) is 5. The van der Waals surface area contributed by atoms with Gasteiger partial charge < -0.3 is 5.11 Å². The van der Waals surface area contributed by atoms with Gasteiger partial charge in [-0.15, -0.1) is 5.10 Å². The quantitative estimate of drug-likeness (QED) is 0.577. The minimum atomic E-state index is 0.223. The number of benzene rings is 3. The standard InChI is InChI=1S/C22H17N5O/c23-13-19-8-9-20(12-22(19)18-4-2-1-3-5-18)26(27-16-24-15-25-27)14-17-6-10-21(28)11-7-17/h1-12,15-16,28H,14H2. The van der Waals surface area contributed by atoms with Gasteiger partial charge in [-0.25, -0.2) is 4.98 Å². The molecule has 0 aliphatic heterocycles. The third-order valence-electron chi connectivity index (χ3n) is 4.43. The lowest BCUT2D eigenvalue weighted by molar-refractivity contribution is 0.475. The highest BCUT2D eigenvalue weighted by atomic mass is 16.3. The lowest BCUT2D eigenvalue weighted by atomic mass is 9.99. The molecule has 0 saturated heterocycles. The summed E-state index contributed by atoms with van der Waals surface area (Å²) in [6.45, 7) is 0.518. The van der Waals surface area contributed by atoms with Crippen LogP contribution in [0.5, 0.6) is 5.75 Å². The van der Waals surface area contributed by atoms with E-state index in [1.165, 1.54) is 6.33 Å². The average molecular weight is 367 g/mol. The summed E-state index contributed by atoms with van der Waals surface area (Å²) in [5, 5.41) is 25.3. The second kappa shape index (κ2) is 7.64. The SMILES string of the molecule is N#Cc1ccc(N(Cc2ccc(O)cc2)n2cncn2)cc1-c1ccccc1. The molecule has 0 aliphatic rings. The fourth-order valence-electron chi connectivity index (χ4n) is 3.03. The highest BCUT2D eigenvalue weighted by Gasteiger charge is 2.14. The van der Waals surface area contributed by atoms with Gasteiger partial charge in [0.25, 0.3) is 0 Å². The maximum atomic E-state index is 9.54. The molecule has 1 aromatic heterocycles. The molecule has 1 heterocycles. The normalized spacial score (nSPS) is 10.4. The Labute approximate surface area is 162 Å². The van der Waals surface area contributed by atoms with Crippen LogP contribution in [-0.2, 0) is 6.54 Å². The summed E-state index contributed by atoms with van der Waals surface area (Å²) in [7, 11) is 0. The van der Waals surface area contributed by atoms with Gasteiger partial charge in [-0.05, 0) is 41.5 Å². The van der Waals surface area contributed by atoms with Crippen molar-refractivity contribution in [2.75, 3.05) is 5.01 Å². The number of anilines is 1. The van der Waals surface area contributed by atoms with E-state index in [4.69, 9.17) is 0 Å². The van der Waals surface area contributed by atoms with Gasteiger partial charge in [-0.2, -0.15) is 10.1 Å². The smallest absolute Gasteiger partial charge is 0.139 e. The van der Waals surface area contributed by atoms with E-state index in [2.05, 4.69) is 16.2 Å². The van der Waals surface area contributed by atoms with Crippen LogP contribution in [0, 0.1) is 11.3 Å². The largest absolute Gasteiger partial charge is 0.508 e. The number of hydrogen-bond donors (Lipinski definition) is 1. The molecule has 0 unspecified atom stereocenters. The number of aromatic nitrogens is 3. The van der Waals surface area contributed by atoms with E-state index < -0.39 is 0 Å². The Morgan fingerprint density at radius 3 is 2.46 bits per heavy atom. The summed E-state index contributed by atoms with van der Waals surface area (Å²) in [4.78, 5) is 5.71. The van der Waals surface area contributed by atoms with Crippen molar-refractivity contribution >= 4 is 5.69 Å². The van der Waals surface area contributed by atoms with Gasteiger partial charge in [0.2, 0.25) is 0 Å². The molecule has 0 saturated carbocycles. The van der Waals surface area contributed by atoms with Crippen LogP contribution in [0.15, 0.2) is 85.5 Å². The fraction of sp³-hybridized carbons (Fsp3) is 0.0455. The van der Waals surface area contributed by atoms with Crippen LogP contribution in [0.3, 0.4) is 0 Å². The van der Waals surface area contributed by atoms with Crippen LogP contribution in [0.2, 0.25) is 0 Å². The van der Waals surface area contributed by atoms with E-state index in [0.29, 0.717) is 12.1 Å². The molecule has 4 rings (SSSR count). The van der Waals surface area contributed by atoms with Crippen LogP contribution < -0.4 is 5.01 Å². The molecule has 3 aromatic carbocycles. The van der Waals surface area contributed by atoms with Crippen LogP contribution in [0.4, 0.5) is 5.69 Å². The van der Waals surface area contributed by atoms with Crippen LogP contribution in [0.25, 0.3) is 11.1 Å². The van der Waals surface area contributed by atoms with E-state index in [1.54, 1.807) is 23.3 Å². The van der Waals surface area contributed by atoms with Gasteiger partial charge in [-0.3, -0.25) is 5.01 Å². The summed E-state index contributed by atoms with van der Waals surface area (Å²) in [6, 6.07) is 24.8. The molecule has 0 fully saturated rings. The van der Waals surface area contributed by atoms with Gasteiger partial charge in [0.05, 0.1) is 23.9 Å². The van der Waals surface area contributed by atoms with Crippen molar-refractivity contribution in [2.24, 2.45) is 0 Å². The van der Waals surface area contributed by atoms with Gasteiger partial charge >= 0.3 is 0 Å². The van der Waals surface area contributed by atoms with E-state index >= 15 is 0 Å². The van der Waals surface area contributed by atoms with Crippen molar-refractivity contribution in [1.82, 2.24) is 14.9 Å². The first kappa shape index (κ1) is 17.3. The molecule has 28 heavy (non-hydrogen) atoms. The summed E-state index contributed by atoms with van der Waals surface area (Å²) in [6.07, 6.45) is 3.10. The molecule has 0 atom stereocenters. The Kier molecular flexibility index (Phi) is 4.72. The highest BCUT2D eigenvalue weighted by Crippen LogP contribution is 2.29. The first-order valence-electron chi connectivity index (χ1n) is 8.74. The molecular formula is C22H17N5O. The average Bonchev–Trinajstić information content (AvgIpc) is 3.28. The second-order valence-corrected chi connectivity index (χ2v) is 6.25. The van der Waals surface area contributed by atoms with Gasteiger partial charge in [0.15, 0.2) is 0 Å². The summed E-state index contributed by atoms with van der Waals surface area (Å²) >= 11 is 0. The van der Waals surface area contributed by atoms with Crippen molar-refractivity contribution < 1.29 is 5.11 Å². The number of aromatic hydroxyl groups is 1. The molecule has 0 amide bonds. The molecule has 0 bridgehead atoms. The predicted molar refractivity (Wildman–Crippen MR) is 106 cm³/mol. The Balaban J connectivity index is 1.78. The number of phenolic OH excluding ortho intramolecular Hbond substituents is 1. The predicted octanol–water partition coefficient (Wildman–Crippen LogP) is 3.99. The van der Waals surface area contributed by atoms with Crippen LogP contribution in [-0.4, -0.2) is 20.0 Å². The zero-order valence-electron chi connectivity index (χ0n) is 15.0.